The molecule has 2 aromatic rings. The first-order valence-corrected chi connectivity index (χ1v) is 15.2. The number of benzene rings is 2. The molecule has 0 saturated heterocycles. The summed E-state index contributed by atoms with van der Waals surface area (Å²) in [6, 6.07) is 18.7. The number of unbranched alkanes of at least 4 members (excludes halogenated alkanes) is 11. The summed E-state index contributed by atoms with van der Waals surface area (Å²) in [5, 5.41) is 0. The number of ether oxygens (including phenoxy) is 2. The topological polar surface area (TPSA) is 35.5 Å². The van der Waals surface area contributed by atoms with Gasteiger partial charge in [-0.3, -0.25) is 4.79 Å². The van der Waals surface area contributed by atoms with E-state index >= 15 is 0 Å². The molecule has 0 aliphatic carbocycles. The lowest BCUT2D eigenvalue weighted by Crippen LogP contribution is -2.39. The third-order valence-corrected chi connectivity index (χ3v) is 7.26. The van der Waals surface area contributed by atoms with Crippen molar-refractivity contribution >= 4 is 5.97 Å². The van der Waals surface area contributed by atoms with Crippen molar-refractivity contribution in [2.45, 2.75) is 110 Å². The second kappa shape index (κ2) is 19.7. The summed E-state index contributed by atoms with van der Waals surface area (Å²) in [6.45, 7) is 4.13. The van der Waals surface area contributed by atoms with Gasteiger partial charge in [0.15, 0.2) is 0 Å². The van der Waals surface area contributed by atoms with E-state index in [1.807, 2.05) is 18.2 Å². The zero-order valence-corrected chi connectivity index (χ0v) is 24.6. The maximum atomic E-state index is 12.2. The van der Waals surface area contributed by atoms with Crippen LogP contribution in [-0.4, -0.2) is 37.9 Å². The number of esters is 1. The van der Waals surface area contributed by atoms with Gasteiger partial charge in [0.25, 0.3) is 0 Å². The predicted octanol–water partition coefficient (Wildman–Crippen LogP) is 8.87. The van der Waals surface area contributed by atoms with E-state index in [0.29, 0.717) is 6.42 Å². The molecule has 0 radical (unpaired) electrons. The van der Waals surface area contributed by atoms with Crippen LogP contribution in [0.15, 0.2) is 54.6 Å². The fourth-order valence-electron chi connectivity index (χ4n) is 5.00. The van der Waals surface area contributed by atoms with Gasteiger partial charge < -0.3 is 14.0 Å². The Kier molecular flexibility index (Phi) is 16.5. The Morgan fingerprint density at radius 3 is 1.97 bits per heavy atom. The summed E-state index contributed by atoms with van der Waals surface area (Å²) in [4.78, 5) is 12.2. The highest BCUT2D eigenvalue weighted by molar-refractivity contribution is 5.69. The third-order valence-electron chi connectivity index (χ3n) is 7.26. The first kappa shape index (κ1) is 31.9. The van der Waals surface area contributed by atoms with Gasteiger partial charge in [-0.1, -0.05) is 120 Å². The lowest BCUT2D eigenvalue weighted by atomic mass is 10.0. The molecular formula is C34H54NO3+. The summed E-state index contributed by atoms with van der Waals surface area (Å²) in [5.74, 6) is 0.576. The summed E-state index contributed by atoms with van der Waals surface area (Å²) in [5.41, 5.74) is 2.61. The van der Waals surface area contributed by atoms with E-state index in [1.54, 1.807) is 0 Å². The van der Waals surface area contributed by atoms with Crippen molar-refractivity contribution in [1.82, 2.24) is 0 Å². The van der Waals surface area contributed by atoms with Crippen LogP contribution in [0, 0.1) is 0 Å². The van der Waals surface area contributed by atoms with Crippen molar-refractivity contribution in [2.75, 3.05) is 27.4 Å². The maximum Gasteiger partial charge on any atom is 0.308 e. The number of nitrogens with zero attached hydrogens (tertiary/aromatic N) is 1. The summed E-state index contributed by atoms with van der Waals surface area (Å²) in [7, 11) is 4.40. The highest BCUT2D eigenvalue weighted by atomic mass is 16.7. The molecule has 0 saturated carbocycles. The van der Waals surface area contributed by atoms with Crippen molar-refractivity contribution in [3.8, 4) is 5.75 Å². The van der Waals surface area contributed by atoms with E-state index < -0.39 is 0 Å². The molecule has 0 heterocycles. The van der Waals surface area contributed by atoms with Gasteiger partial charge in [-0.15, -0.1) is 0 Å². The fourth-order valence-corrected chi connectivity index (χ4v) is 5.00. The smallest absolute Gasteiger partial charge is 0.308 e. The van der Waals surface area contributed by atoms with Crippen molar-refractivity contribution in [2.24, 2.45) is 0 Å². The minimum Gasteiger partial charge on any atom is -0.457 e. The Labute approximate surface area is 233 Å². The third kappa shape index (κ3) is 15.8. The first-order chi connectivity index (χ1) is 18.5. The second-order valence-electron chi connectivity index (χ2n) is 11.5. The first-order valence-electron chi connectivity index (χ1n) is 15.2. The van der Waals surface area contributed by atoms with Gasteiger partial charge in [-0.2, -0.15) is 0 Å². The number of quaternary nitrogens is 1. The number of carbonyl (C=O) groups excluding carboxylic acids is 1. The predicted molar refractivity (Wildman–Crippen MR) is 159 cm³/mol. The van der Waals surface area contributed by atoms with Crippen LogP contribution in [-0.2, 0) is 22.5 Å². The lowest BCUT2D eigenvalue weighted by molar-refractivity contribution is -0.903. The van der Waals surface area contributed by atoms with Crippen molar-refractivity contribution in [1.29, 1.82) is 0 Å². The van der Waals surface area contributed by atoms with E-state index in [1.165, 1.54) is 88.2 Å². The van der Waals surface area contributed by atoms with Crippen molar-refractivity contribution in [3.63, 3.8) is 0 Å². The number of hydrogen-bond donors (Lipinski definition) is 0. The molecule has 0 aromatic heterocycles. The molecule has 2 rings (SSSR count). The average molecular weight is 525 g/mol. The van der Waals surface area contributed by atoms with E-state index in [9.17, 15) is 4.79 Å². The SMILES string of the molecule is CCCCCCCCCCCCCCc1cccc(OCOC(=O)CCC[N+](C)(C)Cc2ccccc2)c1. The van der Waals surface area contributed by atoms with Crippen molar-refractivity contribution in [3.05, 3.63) is 65.7 Å². The Morgan fingerprint density at radius 1 is 0.711 bits per heavy atom. The van der Waals surface area contributed by atoms with Crippen molar-refractivity contribution < 1.29 is 18.8 Å². The van der Waals surface area contributed by atoms with Crippen LogP contribution in [0.25, 0.3) is 0 Å². The van der Waals surface area contributed by atoms with Gasteiger partial charge >= 0.3 is 5.97 Å². The highest BCUT2D eigenvalue weighted by Gasteiger charge is 2.16. The normalized spacial score (nSPS) is 11.4. The summed E-state index contributed by atoms with van der Waals surface area (Å²) >= 11 is 0. The van der Waals surface area contributed by atoms with Crippen LogP contribution in [0.5, 0.6) is 5.75 Å². The number of carbonyl (C=O) groups is 1. The molecule has 212 valence electrons. The molecule has 0 N–H and O–H groups in total. The minimum absolute atomic E-state index is 0.0246. The molecular weight excluding hydrogens is 470 g/mol. The molecule has 0 aliphatic rings. The van der Waals surface area contributed by atoms with Crippen LogP contribution < -0.4 is 4.74 Å². The highest BCUT2D eigenvalue weighted by Crippen LogP contribution is 2.17. The Balaban J connectivity index is 1.50. The zero-order valence-electron chi connectivity index (χ0n) is 24.6. The van der Waals surface area contributed by atoms with Gasteiger partial charge in [-0.05, 0) is 30.5 Å². The van der Waals surface area contributed by atoms with Gasteiger partial charge in [-0.25, -0.2) is 0 Å². The molecule has 4 nitrogen and oxygen atoms in total. The lowest BCUT2D eigenvalue weighted by Gasteiger charge is -2.29. The van der Waals surface area contributed by atoms with E-state index in [4.69, 9.17) is 9.47 Å². The standard InChI is InChI=1S/C34H54NO3/c1-4-5-6-7-8-9-10-11-12-13-14-16-21-31-24-19-25-33(28-31)37-30-38-34(36)26-20-27-35(2,3)29-32-22-17-15-18-23-32/h15,17-19,22-25,28H,4-14,16,20-21,26-27,29-30H2,1-3H3/q+1. The molecule has 2 aromatic carbocycles. The number of hydrogen-bond acceptors (Lipinski definition) is 3. The average Bonchev–Trinajstić information content (AvgIpc) is 2.90. The van der Waals surface area contributed by atoms with Crippen LogP contribution in [0.2, 0.25) is 0 Å². The van der Waals surface area contributed by atoms with Crippen LogP contribution >= 0.6 is 0 Å². The second-order valence-corrected chi connectivity index (χ2v) is 11.5. The summed E-state index contributed by atoms with van der Waals surface area (Å²) < 4.78 is 11.9. The minimum atomic E-state index is -0.197. The molecule has 0 bridgehead atoms. The number of aryl methyl sites for hydroxylation is 1. The Morgan fingerprint density at radius 2 is 1.32 bits per heavy atom. The quantitative estimate of drug-likeness (QED) is 0.0668. The monoisotopic (exact) mass is 524 g/mol. The molecule has 0 amide bonds. The Bertz CT molecular complexity index is 865. The maximum absolute atomic E-state index is 12.2. The van der Waals surface area contributed by atoms with E-state index in [2.05, 4.69) is 57.4 Å². The molecule has 0 fully saturated rings. The largest absolute Gasteiger partial charge is 0.457 e. The van der Waals surface area contributed by atoms with Crippen LogP contribution in [0.1, 0.15) is 108 Å². The Hall–Kier alpha value is -2.33. The zero-order chi connectivity index (χ0) is 27.3. The van der Waals surface area contributed by atoms with E-state index in [0.717, 1.165) is 36.2 Å². The molecule has 0 atom stereocenters. The molecule has 0 unspecified atom stereocenters. The molecule has 38 heavy (non-hydrogen) atoms. The van der Waals surface area contributed by atoms with Gasteiger partial charge in [0, 0.05) is 12.0 Å². The van der Waals surface area contributed by atoms with Gasteiger partial charge in [0.05, 0.1) is 27.1 Å². The van der Waals surface area contributed by atoms with Gasteiger partial charge in [0.1, 0.15) is 12.3 Å². The van der Waals surface area contributed by atoms with E-state index in [-0.39, 0.29) is 12.8 Å². The molecule has 0 spiro atoms. The molecule has 4 heteroatoms. The van der Waals surface area contributed by atoms with Crippen LogP contribution in [0.4, 0.5) is 0 Å². The molecule has 0 aliphatic heterocycles. The van der Waals surface area contributed by atoms with Crippen LogP contribution in [0.3, 0.4) is 0 Å². The van der Waals surface area contributed by atoms with Gasteiger partial charge in [0.2, 0.25) is 6.79 Å². The summed E-state index contributed by atoms with van der Waals surface area (Å²) in [6.07, 6.45) is 18.7. The fraction of sp³-hybridized carbons (Fsp3) is 0.618. The number of rotatable bonds is 22.